The summed E-state index contributed by atoms with van der Waals surface area (Å²) in [5, 5.41) is 13.2. The first-order valence-electron chi connectivity index (χ1n) is 8.21. The first kappa shape index (κ1) is 17.6. The summed E-state index contributed by atoms with van der Waals surface area (Å²) in [7, 11) is 0. The molecule has 1 aliphatic heterocycles. The number of anilines is 1. The Labute approximate surface area is 143 Å². The Morgan fingerprint density at radius 2 is 2.00 bits per heavy atom. The topological polar surface area (TPSA) is 84.7 Å². The van der Waals surface area contributed by atoms with Crippen LogP contribution in [0.5, 0.6) is 0 Å². The quantitative estimate of drug-likeness (QED) is 0.897. The Balaban J connectivity index is 2.09. The van der Waals surface area contributed by atoms with Gasteiger partial charge >= 0.3 is 12.1 Å². The molecule has 2 heterocycles. The van der Waals surface area contributed by atoms with Crippen molar-refractivity contribution in [2.24, 2.45) is 5.92 Å². The molecule has 1 fully saturated rings. The van der Waals surface area contributed by atoms with E-state index in [-0.39, 0.29) is 23.7 Å². The molecule has 1 amide bonds. The molecule has 7 nitrogen and oxygen atoms in total. The number of carbonyl (C=O) groups is 2. The zero-order valence-corrected chi connectivity index (χ0v) is 14.3. The van der Waals surface area contributed by atoms with E-state index >= 15 is 0 Å². The number of amides is 1. The highest BCUT2D eigenvalue weighted by Gasteiger charge is 2.49. The summed E-state index contributed by atoms with van der Waals surface area (Å²) >= 11 is 0. The zero-order chi connectivity index (χ0) is 18.5. The molecule has 0 aromatic carbocycles. The zero-order valence-electron chi connectivity index (χ0n) is 14.3. The van der Waals surface area contributed by atoms with Crippen LogP contribution in [0.4, 0.5) is 19.4 Å². The van der Waals surface area contributed by atoms with Crippen LogP contribution in [0.25, 0.3) is 0 Å². The normalized spacial score (nSPS) is 23.5. The molecular weight excluding hydrogens is 336 g/mol. The van der Waals surface area contributed by atoms with Gasteiger partial charge in [-0.3, -0.25) is 4.90 Å². The van der Waals surface area contributed by atoms with E-state index in [2.05, 4.69) is 5.10 Å². The van der Waals surface area contributed by atoms with Gasteiger partial charge in [0.25, 0.3) is 6.43 Å². The molecule has 1 aliphatic carbocycles. The second-order valence-corrected chi connectivity index (χ2v) is 7.52. The van der Waals surface area contributed by atoms with Gasteiger partial charge in [-0.2, -0.15) is 5.10 Å². The first-order chi connectivity index (χ1) is 11.6. The molecule has 1 aromatic heterocycles. The number of fused-ring (bicyclic) bond motifs is 1. The lowest BCUT2D eigenvalue weighted by atomic mass is 9.98. The van der Waals surface area contributed by atoms with Gasteiger partial charge in [0.1, 0.15) is 17.2 Å². The summed E-state index contributed by atoms with van der Waals surface area (Å²) in [5.74, 6) is -1.37. The van der Waals surface area contributed by atoms with E-state index in [1.165, 1.54) is 4.90 Å². The van der Waals surface area contributed by atoms with E-state index in [0.717, 1.165) is 23.7 Å². The Bertz CT molecular complexity index is 694. The van der Waals surface area contributed by atoms with Gasteiger partial charge in [0, 0.05) is 6.04 Å². The highest BCUT2D eigenvalue weighted by atomic mass is 19.3. The fourth-order valence-corrected chi connectivity index (χ4v) is 3.23. The number of hydrogen-bond acceptors (Lipinski definition) is 4. The Morgan fingerprint density at radius 1 is 1.36 bits per heavy atom. The summed E-state index contributed by atoms with van der Waals surface area (Å²) in [5.41, 5.74) is -1.07. The molecular formula is C16H21F2N3O4. The van der Waals surface area contributed by atoms with Crippen LogP contribution in [0.2, 0.25) is 0 Å². The molecule has 9 heteroatoms. The Morgan fingerprint density at radius 3 is 2.48 bits per heavy atom. The molecule has 25 heavy (non-hydrogen) atoms. The van der Waals surface area contributed by atoms with Crippen molar-refractivity contribution in [2.45, 2.75) is 64.1 Å². The molecule has 2 atom stereocenters. The number of ether oxygens (including phenoxy) is 1. The van der Waals surface area contributed by atoms with Gasteiger partial charge in [-0.05, 0) is 46.0 Å². The molecule has 0 bridgehead atoms. The molecule has 1 N–H and O–H groups in total. The summed E-state index contributed by atoms with van der Waals surface area (Å²) in [4.78, 5) is 25.5. The third-order valence-corrected chi connectivity index (χ3v) is 4.40. The molecule has 0 saturated heterocycles. The third-order valence-electron chi connectivity index (χ3n) is 4.40. The molecule has 0 spiro atoms. The van der Waals surface area contributed by atoms with Crippen molar-refractivity contribution in [3.63, 3.8) is 0 Å². The summed E-state index contributed by atoms with van der Waals surface area (Å²) in [6, 6.07) is -1.77. The highest BCUT2D eigenvalue weighted by molar-refractivity contribution is 5.99. The minimum absolute atomic E-state index is 0.0231. The maximum atomic E-state index is 13.5. The van der Waals surface area contributed by atoms with Crippen molar-refractivity contribution < 1.29 is 28.2 Å². The number of nitrogens with zero attached hydrogens (tertiary/aromatic N) is 3. The standard InChI is InChI=1S/C16H21F2N3O4/c1-16(2,3)25-15(24)20-10(8-4-5-8)6-11(12(17)18)21-13(20)9(7-19-21)14(22)23/h7-8,10-12H,4-6H2,1-3H3,(H,22,23)/t10-,11+/m0/s1. The molecule has 1 saturated carbocycles. The lowest BCUT2D eigenvalue weighted by molar-refractivity contribution is 0.0421. The molecule has 0 unspecified atom stereocenters. The lowest BCUT2D eigenvalue weighted by Gasteiger charge is -2.40. The lowest BCUT2D eigenvalue weighted by Crippen LogP contribution is -2.51. The van der Waals surface area contributed by atoms with Gasteiger partial charge in [0.2, 0.25) is 0 Å². The fraction of sp³-hybridized carbons (Fsp3) is 0.688. The van der Waals surface area contributed by atoms with Gasteiger partial charge in [-0.1, -0.05) is 0 Å². The van der Waals surface area contributed by atoms with Crippen molar-refractivity contribution in [1.82, 2.24) is 9.78 Å². The minimum atomic E-state index is -2.71. The van der Waals surface area contributed by atoms with Crippen molar-refractivity contribution in [1.29, 1.82) is 0 Å². The monoisotopic (exact) mass is 357 g/mol. The maximum Gasteiger partial charge on any atom is 0.416 e. The fourth-order valence-electron chi connectivity index (χ4n) is 3.23. The van der Waals surface area contributed by atoms with Crippen LogP contribution in [-0.2, 0) is 4.74 Å². The predicted molar refractivity (Wildman–Crippen MR) is 84.1 cm³/mol. The van der Waals surface area contributed by atoms with Crippen LogP contribution >= 0.6 is 0 Å². The minimum Gasteiger partial charge on any atom is -0.477 e. The average molecular weight is 357 g/mol. The van der Waals surface area contributed by atoms with Crippen molar-refractivity contribution in [3.05, 3.63) is 11.8 Å². The number of aromatic nitrogens is 2. The van der Waals surface area contributed by atoms with Gasteiger partial charge in [-0.25, -0.2) is 23.1 Å². The van der Waals surface area contributed by atoms with Crippen LogP contribution in [0, 0.1) is 5.92 Å². The number of alkyl halides is 2. The number of carboxylic acids is 1. The summed E-state index contributed by atoms with van der Waals surface area (Å²) in [6.07, 6.45) is -0.772. The van der Waals surface area contributed by atoms with E-state index in [9.17, 15) is 23.5 Å². The first-order valence-corrected chi connectivity index (χ1v) is 8.21. The third kappa shape index (κ3) is 3.32. The molecule has 3 rings (SSSR count). The van der Waals surface area contributed by atoms with Crippen LogP contribution < -0.4 is 4.90 Å². The summed E-state index contributed by atoms with van der Waals surface area (Å²) in [6.45, 7) is 5.08. The van der Waals surface area contributed by atoms with Crippen molar-refractivity contribution in [3.8, 4) is 0 Å². The average Bonchev–Trinajstić information content (AvgIpc) is 3.21. The van der Waals surface area contributed by atoms with Crippen LogP contribution in [0.15, 0.2) is 6.20 Å². The smallest absolute Gasteiger partial charge is 0.416 e. The SMILES string of the molecule is CC(C)(C)OC(=O)N1c2c(C(=O)O)cnn2[C@@H](C(F)F)C[C@H]1C1CC1. The second-order valence-electron chi connectivity index (χ2n) is 7.52. The van der Waals surface area contributed by atoms with E-state index in [4.69, 9.17) is 4.74 Å². The van der Waals surface area contributed by atoms with Crippen molar-refractivity contribution >= 4 is 17.9 Å². The number of rotatable bonds is 3. The highest BCUT2D eigenvalue weighted by Crippen LogP contribution is 2.46. The largest absolute Gasteiger partial charge is 0.477 e. The van der Waals surface area contributed by atoms with Gasteiger partial charge in [0.15, 0.2) is 5.82 Å². The van der Waals surface area contributed by atoms with Gasteiger partial charge in [-0.15, -0.1) is 0 Å². The van der Waals surface area contributed by atoms with Gasteiger partial charge < -0.3 is 9.84 Å². The van der Waals surface area contributed by atoms with E-state index in [0.29, 0.717) is 0 Å². The number of hydrogen-bond donors (Lipinski definition) is 1. The van der Waals surface area contributed by atoms with E-state index < -0.39 is 36.2 Å². The number of aromatic carboxylic acids is 1. The second kappa shape index (κ2) is 5.96. The Kier molecular flexibility index (Phi) is 4.20. The van der Waals surface area contributed by atoms with Crippen molar-refractivity contribution in [2.75, 3.05) is 4.90 Å². The van der Waals surface area contributed by atoms with E-state index in [1.54, 1.807) is 20.8 Å². The molecule has 138 valence electrons. The molecule has 2 aliphatic rings. The molecule has 0 radical (unpaired) electrons. The number of carboxylic acid groups (broad SMARTS) is 1. The predicted octanol–water partition coefficient (Wildman–Crippen LogP) is 3.31. The molecule has 1 aromatic rings. The Hall–Kier alpha value is -2.19. The van der Waals surface area contributed by atoms with Crippen LogP contribution in [0.3, 0.4) is 0 Å². The van der Waals surface area contributed by atoms with Gasteiger partial charge in [0.05, 0.1) is 6.20 Å². The maximum absolute atomic E-state index is 13.5. The van der Waals surface area contributed by atoms with E-state index in [1.807, 2.05) is 0 Å². The number of carbonyl (C=O) groups excluding carboxylic acids is 1. The number of halogens is 2. The van der Waals surface area contributed by atoms with Crippen LogP contribution in [0.1, 0.15) is 56.4 Å². The van der Waals surface area contributed by atoms with Crippen LogP contribution in [-0.4, -0.2) is 45.0 Å². The summed E-state index contributed by atoms with van der Waals surface area (Å²) < 4.78 is 33.4.